The van der Waals surface area contributed by atoms with Crippen molar-refractivity contribution in [2.75, 3.05) is 4.90 Å². The number of aromatic nitrogens is 5. The van der Waals surface area contributed by atoms with E-state index in [1.54, 1.807) is 21.7 Å². The van der Waals surface area contributed by atoms with Gasteiger partial charge in [0.05, 0.1) is 22.8 Å². The summed E-state index contributed by atoms with van der Waals surface area (Å²) in [6.07, 6.45) is -4.78. The van der Waals surface area contributed by atoms with Crippen molar-refractivity contribution in [3.05, 3.63) is 72.1 Å². The molecule has 0 amide bonds. The van der Waals surface area contributed by atoms with E-state index in [1.165, 1.54) is 6.33 Å². The first kappa shape index (κ1) is 22.7. The van der Waals surface area contributed by atoms with Gasteiger partial charge in [-0.25, -0.2) is 4.98 Å². The zero-order valence-electron chi connectivity index (χ0n) is 18.5. The molecule has 36 heavy (non-hydrogen) atoms. The standard InChI is InChI=1S/C24H18F6N6/c25-23(26,27)14-10-19(24(28,29)30)33-20(11-14)36-15-7-6-13(9-15)21(36)22-34-32-12-35(22)18-5-1-4-17-16(18)3-2-8-31-17/h1-5,8,10-13,15,21H,6-7,9H2/t13-,15+,21-/m0/s1. The molecule has 3 atom stereocenters. The lowest BCUT2D eigenvalue weighted by Crippen LogP contribution is -2.37. The molecule has 1 saturated carbocycles. The fourth-order valence-corrected chi connectivity index (χ4v) is 5.54. The van der Waals surface area contributed by atoms with Crippen LogP contribution in [0.2, 0.25) is 0 Å². The van der Waals surface area contributed by atoms with Crippen LogP contribution in [0.25, 0.3) is 16.6 Å². The zero-order valence-corrected chi connectivity index (χ0v) is 18.5. The second-order valence-corrected chi connectivity index (χ2v) is 9.08. The number of anilines is 1. The van der Waals surface area contributed by atoms with Crippen LogP contribution < -0.4 is 4.90 Å². The van der Waals surface area contributed by atoms with Crippen molar-refractivity contribution < 1.29 is 26.3 Å². The third kappa shape index (κ3) is 3.66. The highest BCUT2D eigenvalue weighted by atomic mass is 19.4. The van der Waals surface area contributed by atoms with Crippen LogP contribution in [-0.2, 0) is 12.4 Å². The average Bonchev–Trinajstić information content (AvgIpc) is 3.58. The number of halogens is 6. The predicted octanol–water partition coefficient (Wildman–Crippen LogP) is 5.98. The molecular formula is C24H18F6N6. The topological polar surface area (TPSA) is 59.7 Å². The number of alkyl halides is 6. The largest absolute Gasteiger partial charge is 0.433 e. The quantitative estimate of drug-likeness (QED) is 0.322. The number of hydrogen-bond acceptors (Lipinski definition) is 5. The van der Waals surface area contributed by atoms with Crippen LogP contribution in [0.15, 0.2) is 55.0 Å². The number of rotatable bonds is 3. The molecule has 0 N–H and O–H groups in total. The molecule has 6 nitrogen and oxygen atoms in total. The van der Waals surface area contributed by atoms with E-state index in [1.807, 2.05) is 24.3 Å². The molecule has 1 saturated heterocycles. The molecule has 12 heteroatoms. The summed E-state index contributed by atoms with van der Waals surface area (Å²) in [5, 5.41) is 9.17. The highest BCUT2D eigenvalue weighted by Gasteiger charge is 2.50. The lowest BCUT2D eigenvalue weighted by atomic mass is 9.97. The molecule has 3 aromatic heterocycles. The first-order chi connectivity index (χ1) is 17.1. The van der Waals surface area contributed by atoms with Gasteiger partial charge in [-0.15, -0.1) is 10.2 Å². The summed E-state index contributed by atoms with van der Waals surface area (Å²) in [6.45, 7) is 0. The lowest BCUT2D eigenvalue weighted by Gasteiger charge is -2.36. The summed E-state index contributed by atoms with van der Waals surface area (Å²) >= 11 is 0. The van der Waals surface area contributed by atoms with E-state index in [2.05, 4.69) is 20.2 Å². The van der Waals surface area contributed by atoms with Crippen molar-refractivity contribution in [3.8, 4) is 5.69 Å². The summed E-state index contributed by atoms with van der Waals surface area (Å²) in [5.41, 5.74) is -1.51. The fraction of sp³-hybridized carbons (Fsp3) is 0.333. The van der Waals surface area contributed by atoms with E-state index in [4.69, 9.17) is 0 Å². The Morgan fingerprint density at radius 2 is 1.75 bits per heavy atom. The summed E-state index contributed by atoms with van der Waals surface area (Å²) in [4.78, 5) is 9.59. The van der Waals surface area contributed by atoms with Crippen LogP contribution in [0.4, 0.5) is 32.2 Å². The highest BCUT2D eigenvalue weighted by Crippen LogP contribution is 2.52. The molecule has 1 aliphatic carbocycles. The minimum absolute atomic E-state index is 0.0169. The first-order valence-corrected chi connectivity index (χ1v) is 11.3. The second-order valence-electron chi connectivity index (χ2n) is 9.08. The van der Waals surface area contributed by atoms with Crippen molar-refractivity contribution in [3.63, 3.8) is 0 Å². The minimum atomic E-state index is -5.03. The van der Waals surface area contributed by atoms with Gasteiger partial charge in [0.1, 0.15) is 17.8 Å². The third-order valence-corrected chi connectivity index (χ3v) is 7.00. The van der Waals surface area contributed by atoms with Crippen molar-refractivity contribution in [2.45, 2.75) is 43.7 Å². The number of pyridine rings is 2. The molecule has 2 bridgehead atoms. The smallest absolute Gasteiger partial charge is 0.343 e. The molecule has 0 spiro atoms. The SMILES string of the molecule is FC(F)(F)c1cc(N2[C@@H]3CC[C@@H](C3)[C@H]2c2nncn2-c2cccc3ncccc23)nc(C(F)(F)F)c1. The molecule has 0 unspecified atom stereocenters. The molecule has 4 aromatic rings. The second kappa shape index (κ2) is 7.90. The molecule has 2 aliphatic rings. The molecule has 4 heterocycles. The minimum Gasteiger partial charge on any atom is -0.343 e. The van der Waals surface area contributed by atoms with E-state index in [-0.39, 0.29) is 23.8 Å². The zero-order chi connectivity index (χ0) is 25.2. The number of hydrogen-bond donors (Lipinski definition) is 0. The average molecular weight is 504 g/mol. The van der Waals surface area contributed by atoms with E-state index in [9.17, 15) is 26.3 Å². The summed E-state index contributed by atoms with van der Waals surface area (Å²) in [6, 6.07) is 9.08. The van der Waals surface area contributed by atoms with Crippen LogP contribution in [0.1, 0.15) is 42.4 Å². The van der Waals surface area contributed by atoms with Crippen LogP contribution in [0.3, 0.4) is 0 Å². The van der Waals surface area contributed by atoms with E-state index in [0.29, 0.717) is 24.7 Å². The highest BCUT2D eigenvalue weighted by molar-refractivity contribution is 5.87. The van der Waals surface area contributed by atoms with Gasteiger partial charge in [-0.3, -0.25) is 9.55 Å². The Bertz CT molecular complexity index is 1410. The Labute approximate surface area is 200 Å². The van der Waals surface area contributed by atoms with Crippen LogP contribution in [0.5, 0.6) is 0 Å². The van der Waals surface area contributed by atoms with Gasteiger partial charge in [0.25, 0.3) is 0 Å². The monoisotopic (exact) mass is 504 g/mol. The molecule has 2 fully saturated rings. The Morgan fingerprint density at radius 1 is 0.917 bits per heavy atom. The fourth-order valence-electron chi connectivity index (χ4n) is 5.54. The summed E-state index contributed by atoms with van der Waals surface area (Å²) < 4.78 is 83.0. The first-order valence-electron chi connectivity index (χ1n) is 11.3. The van der Waals surface area contributed by atoms with E-state index < -0.39 is 29.7 Å². The number of nitrogens with zero attached hydrogens (tertiary/aromatic N) is 6. The van der Waals surface area contributed by atoms with Crippen molar-refractivity contribution in [1.29, 1.82) is 0 Å². The Kier molecular flexibility index (Phi) is 4.99. The maximum Gasteiger partial charge on any atom is 0.433 e. The number of benzene rings is 1. The molecule has 1 aliphatic heterocycles. The van der Waals surface area contributed by atoms with Crippen molar-refractivity contribution in [2.24, 2.45) is 5.92 Å². The maximum absolute atomic E-state index is 13.6. The van der Waals surface area contributed by atoms with Gasteiger partial charge in [0.2, 0.25) is 0 Å². The Hall–Kier alpha value is -3.70. The molecule has 0 radical (unpaired) electrons. The van der Waals surface area contributed by atoms with Gasteiger partial charge in [-0.1, -0.05) is 6.07 Å². The van der Waals surface area contributed by atoms with Gasteiger partial charge < -0.3 is 4.90 Å². The van der Waals surface area contributed by atoms with E-state index in [0.717, 1.165) is 23.0 Å². The molecule has 6 rings (SSSR count). The summed E-state index contributed by atoms with van der Waals surface area (Å²) in [5.74, 6) is 0.0616. The normalized spacial score (nSPS) is 22.1. The van der Waals surface area contributed by atoms with Crippen molar-refractivity contribution >= 4 is 16.7 Å². The lowest BCUT2D eigenvalue weighted by molar-refractivity contribution is -0.145. The van der Waals surface area contributed by atoms with Gasteiger partial charge in [-0.2, -0.15) is 26.3 Å². The van der Waals surface area contributed by atoms with Gasteiger partial charge in [0, 0.05) is 17.6 Å². The summed E-state index contributed by atoms with van der Waals surface area (Å²) in [7, 11) is 0. The van der Waals surface area contributed by atoms with E-state index >= 15 is 0 Å². The van der Waals surface area contributed by atoms with Gasteiger partial charge in [0.15, 0.2) is 5.82 Å². The Balaban J connectivity index is 1.50. The predicted molar refractivity (Wildman–Crippen MR) is 117 cm³/mol. The van der Waals surface area contributed by atoms with Gasteiger partial charge >= 0.3 is 12.4 Å². The number of fused-ring (bicyclic) bond motifs is 3. The Morgan fingerprint density at radius 3 is 2.53 bits per heavy atom. The molecule has 186 valence electrons. The van der Waals surface area contributed by atoms with Crippen LogP contribution in [0, 0.1) is 5.92 Å². The third-order valence-electron chi connectivity index (χ3n) is 7.00. The molecular weight excluding hydrogens is 486 g/mol. The van der Waals surface area contributed by atoms with Crippen molar-refractivity contribution in [1.82, 2.24) is 24.7 Å². The number of piperidine rings is 1. The van der Waals surface area contributed by atoms with Gasteiger partial charge in [-0.05, 0) is 61.6 Å². The maximum atomic E-state index is 13.6. The molecule has 1 aromatic carbocycles. The van der Waals surface area contributed by atoms with Crippen LogP contribution >= 0.6 is 0 Å². The van der Waals surface area contributed by atoms with Crippen LogP contribution in [-0.4, -0.2) is 30.8 Å².